The molecule has 0 radical (unpaired) electrons. The first kappa shape index (κ1) is 58.9. The number of unbranched alkanes of at least 4 members (excludes halogenated alkanes) is 15. The zero-order chi connectivity index (χ0) is 45.3. The number of carbonyl (C=O) groups excluding carboxylic acids is 2. The molecule has 10 heteroatoms. The molecule has 354 valence electrons. The molecule has 2 unspecified atom stereocenters. The van der Waals surface area contributed by atoms with Crippen LogP contribution in [0.15, 0.2) is 97.2 Å². The van der Waals surface area contributed by atoms with Gasteiger partial charge >= 0.3 is 19.8 Å². The monoisotopic (exact) mass is 886 g/mol. The molecule has 0 aromatic rings. The summed E-state index contributed by atoms with van der Waals surface area (Å²) in [7, 11) is -4.40. The third-order valence-electron chi connectivity index (χ3n) is 9.70. The highest BCUT2D eigenvalue weighted by Crippen LogP contribution is 2.43. The van der Waals surface area contributed by atoms with Gasteiger partial charge in [-0.3, -0.25) is 18.6 Å². The van der Waals surface area contributed by atoms with Gasteiger partial charge in [-0.25, -0.2) is 4.57 Å². The maximum absolute atomic E-state index is 12.6. The van der Waals surface area contributed by atoms with Crippen molar-refractivity contribution < 1.29 is 37.6 Å². The van der Waals surface area contributed by atoms with E-state index in [1.54, 1.807) is 0 Å². The van der Waals surface area contributed by atoms with Gasteiger partial charge in [0.1, 0.15) is 6.61 Å². The normalized spacial score (nSPS) is 14.1. The molecule has 0 saturated carbocycles. The molecule has 0 aliphatic rings. The average Bonchev–Trinajstić information content (AvgIpc) is 3.26. The Morgan fingerprint density at radius 1 is 0.500 bits per heavy atom. The Hall–Kier alpha value is -3.07. The van der Waals surface area contributed by atoms with Crippen molar-refractivity contribution in [3.8, 4) is 0 Å². The van der Waals surface area contributed by atoms with Crippen LogP contribution in [0.1, 0.15) is 187 Å². The molecule has 0 rings (SSSR count). The lowest BCUT2D eigenvalue weighted by atomic mass is 10.1. The summed E-state index contributed by atoms with van der Waals surface area (Å²) in [5.74, 6) is -0.883. The predicted octanol–water partition coefficient (Wildman–Crippen LogP) is 14.6. The summed E-state index contributed by atoms with van der Waals surface area (Å²) in [4.78, 5) is 35.0. The summed E-state index contributed by atoms with van der Waals surface area (Å²) in [5.41, 5.74) is 5.36. The minimum Gasteiger partial charge on any atom is -0.462 e. The lowest BCUT2D eigenvalue weighted by Crippen LogP contribution is -2.29. The average molecular weight is 886 g/mol. The SMILES string of the molecule is CC/C=C\C/C=C\C/C=C\C/C=C\C/C=C\C/C=C\C/C=C\CCCCCC(=O)OC(COC(=O)CCCCCCC/C=C\CCCCCCCCC)COP(=O)(O)OCCN. The Balaban J connectivity index is 4.21. The number of phosphoric ester groups is 1. The van der Waals surface area contributed by atoms with Crippen molar-refractivity contribution in [1.29, 1.82) is 0 Å². The van der Waals surface area contributed by atoms with Crippen LogP contribution in [0, 0.1) is 0 Å². The van der Waals surface area contributed by atoms with E-state index in [9.17, 15) is 19.0 Å². The zero-order valence-electron chi connectivity index (χ0n) is 39.1. The molecule has 0 spiro atoms. The second-order valence-corrected chi connectivity index (χ2v) is 17.0. The van der Waals surface area contributed by atoms with Gasteiger partial charge in [0.2, 0.25) is 0 Å². The minimum atomic E-state index is -4.40. The topological polar surface area (TPSA) is 134 Å². The number of phosphoric acid groups is 1. The Kier molecular flexibility index (Phi) is 45.1. The number of ether oxygens (including phenoxy) is 2. The second-order valence-electron chi connectivity index (χ2n) is 15.6. The van der Waals surface area contributed by atoms with Crippen molar-refractivity contribution >= 4 is 19.8 Å². The lowest BCUT2D eigenvalue weighted by Gasteiger charge is -2.19. The molecule has 0 aliphatic carbocycles. The fourth-order valence-corrected chi connectivity index (χ4v) is 6.90. The Bertz CT molecular complexity index is 1330. The van der Waals surface area contributed by atoms with E-state index in [0.29, 0.717) is 12.8 Å². The summed E-state index contributed by atoms with van der Waals surface area (Å²) in [6.45, 7) is 3.56. The highest BCUT2D eigenvalue weighted by Gasteiger charge is 2.26. The molecular weight excluding hydrogens is 798 g/mol. The van der Waals surface area contributed by atoms with Crippen molar-refractivity contribution in [1.82, 2.24) is 0 Å². The zero-order valence-corrected chi connectivity index (χ0v) is 40.0. The maximum atomic E-state index is 12.6. The van der Waals surface area contributed by atoms with Crippen molar-refractivity contribution in [3.05, 3.63) is 97.2 Å². The number of hydrogen-bond donors (Lipinski definition) is 2. The molecule has 9 nitrogen and oxygen atoms in total. The van der Waals surface area contributed by atoms with E-state index in [4.69, 9.17) is 24.3 Å². The van der Waals surface area contributed by atoms with E-state index in [-0.39, 0.29) is 32.6 Å². The van der Waals surface area contributed by atoms with E-state index >= 15 is 0 Å². The highest BCUT2D eigenvalue weighted by atomic mass is 31.2. The number of hydrogen-bond acceptors (Lipinski definition) is 8. The molecule has 0 aromatic carbocycles. The lowest BCUT2D eigenvalue weighted by molar-refractivity contribution is -0.161. The van der Waals surface area contributed by atoms with Gasteiger partial charge in [0.05, 0.1) is 13.2 Å². The fraction of sp³-hybridized carbons (Fsp3) is 0.654. The molecule has 0 aliphatic heterocycles. The number of nitrogens with two attached hydrogens (primary N) is 1. The van der Waals surface area contributed by atoms with E-state index in [2.05, 4.69) is 111 Å². The van der Waals surface area contributed by atoms with Gasteiger partial charge in [-0.05, 0) is 96.3 Å². The quantitative estimate of drug-likeness (QED) is 0.0265. The van der Waals surface area contributed by atoms with E-state index in [0.717, 1.165) is 96.3 Å². The molecule has 0 bridgehead atoms. The molecule has 0 aromatic heterocycles. The Morgan fingerprint density at radius 3 is 1.35 bits per heavy atom. The molecule has 3 N–H and O–H groups in total. The van der Waals surface area contributed by atoms with E-state index in [1.807, 2.05) is 0 Å². The molecule has 0 amide bonds. The van der Waals surface area contributed by atoms with Crippen molar-refractivity contribution in [2.24, 2.45) is 5.73 Å². The second kappa shape index (κ2) is 47.4. The van der Waals surface area contributed by atoms with Crippen LogP contribution in [-0.2, 0) is 32.7 Å². The smallest absolute Gasteiger partial charge is 0.462 e. The standard InChI is InChI=1S/C52H88NO8P/c1-3-5-7-9-11-13-15-17-19-21-22-23-24-25-26-27-28-29-31-33-35-37-39-41-43-45-52(55)61-50(49-60-62(56,57)59-47-46-53)48-58-51(54)44-42-40-38-36-34-32-30-20-18-16-14-12-10-8-6-4-2/h5,7,11,13,17,19-20,22-23,25-26,28-30,33,35,50H,3-4,6,8-10,12,14-16,18,21,24,27,31-32,34,36-49,53H2,1-2H3,(H,56,57)/b7-5-,13-11-,19-17-,23-22-,26-25-,29-28-,30-20-,35-33-. The van der Waals surface area contributed by atoms with Crippen molar-refractivity contribution in [3.63, 3.8) is 0 Å². The molecular formula is C52H88NO8P. The number of esters is 2. The third-order valence-corrected chi connectivity index (χ3v) is 10.7. The van der Waals surface area contributed by atoms with Crippen LogP contribution in [0.5, 0.6) is 0 Å². The van der Waals surface area contributed by atoms with Crippen LogP contribution in [0.3, 0.4) is 0 Å². The molecule has 0 fully saturated rings. The third kappa shape index (κ3) is 46.4. The summed E-state index contributed by atoms with van der Waals surface area (Å²) in [6, 6.07) is 0. The first-order valence-electron chi connectivity index (χ1n) is 24.2. The largest absolute Gasteiger partial charge is 0.472 e. The van der Waals surface area contributed by atoms with Gasteiger partial charge in [-0.15, -0.1) is 0 Å². The Morgan fingerprint density at radius 2 is 0.887 bits per heavy atom. The van der Waals surface area contributed by atoms with Crippen LogP contribution in [-0.4, -0.2) is 49.3 Å². The summed E-state index contributed by atoms with van der Waals surface area (Å²) in [5, 5.41) is 0. The van der Waals surface area contributed by atoms with Crippen LogP contribution in [0.4, 0.5) is 0 Å². The van der Waals surface area contributed by atoms with Gasteiger partial charge in [0, 0.05) is 19.4 Å². The van der Waals surface area contributed by atoms with Crippen LogP contribution >= 0.6 is 7.82 Å². The number of allylic oxidation sites excluding steroid dienone is 16. The highest BCUT2D eigenvalue weighted by molar-refractivity contribution is 7.47. The predicted molar refractivity (Wildman–Crippen MR) is 261 cm³/mol. The number of carbonyl (C=O) groups is 2. The van der Waals surface area contributed by atoms with Crippen LogP contribution in [0.25, 0.3) is 0 Å². The molecule has 0 saturated heterocycles. The summed E-state index contributed by atoms with van der Waals surface area (Å²) < 4.78 is 32.8. The minimum absolute atomic E-state index is 0.0413. The Labute approximate surface area is 378 Å². The van der Waals surface area contributed by atoms with Crippen LogP contribution < -0.4 is 5.73 Å². The maximum Gasteiger partial charge on any atom is 0.472 e. The van der Waals surface area contributed by atoms with Gasteiger partial charge in [0.15, 0.2) is 6.10 Å². The van der Waals surface area contributed by atoms with Crippen LogP contribution in [0.2, 0.25) is 0 Å². The summed E-state index contributed by atoms with van der Waals surface area (Å²) >= 11 is 0. The molecule has 2 atom stereocenters. The number of rotatable bonds is 44. The molecule has 62 heavy (non-hydrogen) atoms. The van der Waals surface area contributed by atoms with Gasteiger partial charge in [0.25, 0.3) is 0 Å². The fourth-order valence-electron chi connectivity index (χ4n) is 6.14. The van der Waals surface area contributed by atoms with Crippen molar-refractivity contribution in [2.45, 2.75) is 193 Å². The van der Waals surface area contributed by atoms with E-state index in [1.165, 1.54) is 51.4 Å². The summed E-state index contributed by atoms with van der Waals surface area (Å²) in [6.07, 6.45) is 61.5. The van der Waals surface area contributed by atoms with Gasteiger partial charge < -0.3 is 20.1 Å². The van der Waals surface area contributed by atoms with E-state index < -0.39 is 32.5 Å². The van der Waals surface area contributed by atoms with Gasteiger partial charge in [-0.2, -0.15) is 0 Å². The van der Waals surface area contributed by atoms with Crippen molar-refractivity contribution in [2.75, 3.05) is 26.4 Å². The molecule has 0 heterocycles. The first-order chi connectivity index (χ1) is 30.3. The first-order valence-corrected chi connectivity index (χ1v) is 25.7. The van der Waals surface area contributed by atoms with Gasteiger partial charge in [-0.1, -0.05) is 175 Å².